The summed E-state index contributed by atoms with van der Waals surface area (Å²) in [5.41, 5.74) is 4.20. The van der Waals surface area contributed by atoms with E-state index >= 15 is 0 Å². The molecule has 0 bridgehead atoms. The number of fused-ring (bicyclic) bond motifs is 1. The Morgan fingerprint density at radius 3 is 2.65 bits per heavy atom. The lowest BCUT2D eigenvalue weighted by Crippen LogP contribution is -2.42. The van der Waals surface area contributed by atoms with Crippen LogP contribution in [-0.2, 0) is 13.5 Å². The number of rotatable bonds is 6. The van der Waals surface area contributed by atoms with Crippen LogP contribution in [0.15, 0.2) is 55.0 Å². The second kappa shape index (κ2) is 9.30. The monoisotopic (exact) mass is 455 g/mol. The van der Waals surface area contributed by atoms with E-state index in [9.17, 15) is 4.79 Å². The number of piperidine rings is 1. The third-order valence-corrected chi connectivity index (χ3v) is 6.68. The Kier molecular flexibility index (Phi) is 6.06. The highest BCUT2D eigenvalue weighted by Crippen LogP contribution is 2.24. The van der Waals surface area contributed by atoms with Gasteiger partial charge in [-0.3, -0.25) is 9.48 Å². The molecule has 1 aliphatic heterocycles. The molecule has 0 atom stereocenters. The summed E-state index contributed by atoms with van der Waals surface area (Å²) in [4.78, 5) is 22.2. The average molecular weight is 456 g/mol. The van der Waals surface area contributed by atoms with Crippen LogP contribution in [0.2, 0.25) is 0 Å². The van der Waals surface area contributed by atoms with Crippen molar-refractivity contribution in [3.63, 3.8) is 0 Å². The molecule has 1 fully saturated rings. The quantitative estimate of drug-likeness (QED) is 0.412. The molecule has 0 amide bonds. The van der Waals surface area contributed by atoms with Gasteiger partial charge in [-0.2, -0.15) is 15.3 Å². The summed E-state index contributed by atoms with van der Waals surface area (Å²) in [7, 11) is 6.13. The number of hydrogen-bond donors (Lipinski definition) is 0. The number of ketones is 1. The first kappa shape index (κ1) is 22.2. The molecule has 0 N–H and O–H groups in total. The molecule has 0 aliphatic carbocycles. The van der Waals surface area contributed by atoms with Gasteiger partial charge in [0.25, 0.3) is 0 Å². The Morgan fingerprint density at radius 2 is 1.88 bits per heavy atom. The normalized spacial score (nSPS) is 15.0. The Labute approximate surface area is 199 Å². The molecule has 1 aromatic carbocycles. The fourth-order valence-corrected chi connectivity index (χ4v) is 4.54. The summed E-state index contributed by atoms with van der Waals surface area (Å²) in [6.07, 6.45) is 7.93. The molecular formula is C26H29N7O. The van der Waals surface area contributed by atoms with E-state index < -0.39 is 0 Å². The van der Waals surface area contributed by atoms with Crippen molar-refractivity contribution in [2.45, 2.75) is 25.3 Å². The van der Waals surface area contributed by atoms with E-state index in [1.54, 1.807) is 16.9 Å². The number of anilines is 1. The Balaban J connectivity index is 1.33. The first-order valence-corrected chi connectivity index (χ1v) is 11.6. The molecule has 3 aromatic heterocycles. The standard InChI is InChI=1S/C26H29N7O/c1-31-10-7-23(8-11-31)33(3)26-14-19(6-9-27-26)25(34)15-22-13-20-12-18(4-5-24(20)30-29-22)21-16-28-32(2)17-21/h4-6,9,12-14,16-17,23H,7-8,10-11,15H2,1-3H3. The van der Waals surface area contributed by atoms with Crippen molar-refractivity contribution in [1.82, 2.24) is 29.9 Å². The zero-order valence-electron chi connectivity index (χ0n) is 19.8. The zero-order valence-corrected chi connectivity index (χ0v) is 19.8. The molecule has 8 nitrogen and oxygen atoms in total. The topological polar surface area (TPSA) is 80.0 Å². The summed E-state index contributed by atoms with van der Waals surface area (Å²) in [6.45, 7) is 2.16. The van der Waals surface area contributed by atoms with E-state index in [0.717, 1.165) is 53.8 Å². The minimum absolute atomic E-state index is 0.0116. The molecule has 5 rings (SSSR count). The van der Waals surface area contributed by atoms with E-state index in [1.165, 1.54) is 0 Å². The first-order chi connectivity index (χ1) is 16.5. The lowest BCUT2D eigenvalue weighted by molar-refractivity contribution is 0.0991. The van der Waals surface area contributed by atoms with Crippen molar-refractivity contribution in [3.8, 4) is 11.1 Å². The number of nitrogens with zero attached hydrogens (tertiary/aromatic N) is 7. The zero-order chi connectivity index (χ0) is 23.7. The van der Waals surface area contributed by atoms with Gasteiger partial charge in [-0.15, -0.1) is 0 Å². The van der Waals surface area contributed by atoms with Crippen LogP contribution in [0.1, 0.15) is 28.9 Å². The number of aromatic nitrogens is 5. The number of hydrogen-bond acceptors (Lipinski definition) is 7. The van der Waals surface area contributed by atoms with Gasteiger partial charge in [0, 0.05) is 49.0 Å². The van der Waals surface area contributed by atoms with Gasteiger partial charge in [-0.05, 0) is 68.9 Å². The number of carbonyl (C=O) groups is 1. The Morgan fingerprint density at radius 1 is 1.06 bits per heavy atom. The molecule has 1 saturated heterocycles. The third kappa shape index (κ3) is 4.68. The van der Waals surface area contributed by atoms with Crippen LogP contribution in [-0.4, -0.2) is 68.9 Å². The van der Waals surface area contributed by atoms with Gasteiger partial charge >= 0.3 is 0 Å². The highest BCUT2D eigenvalue weighted by atomic mass is 16.1. The lowest BCUT2D eigenvalue weighted by atomic mass is 10.0. The molecule has 0 unspecified atom stereocenters. The molecule has 8 heteroatoms. The highest BCUT2D eigenvalue weighted by molar-refractivity contribution is 5.98. The molecule has 4 heterocycles. The number of aryl methyl sites for hydroxylation is 1. The predicted octanol–water partition coefficient (Wildman–Crippen LogP) is 3.38. The van der Waals surface area contributed by atoms with Gasteiger partial charge in [-0.25, -0.2) is 4.98 Å². The molecule has 34 heavy (non-hydrogen) atoms. The smallest absolute Gasteiger partial charge is 0.169 e. The molecule has 0 saturated carbocycles. The van der Waals surface area contributed by atoms with Gasteiger partial charge in [0.1, 0.15) is 5.82 Å². The van der Waals surface area contributed by atoms with Crippen molar-refractivity contribution >= 4 is 22.5 Å². The van der Waals surface area contributed by atoms with Gasteiger partial charge in [0.05, 0.1) is 23.8 Å². The SMILES string of the molecule is CN1CCC(N(C)c2cc(C(=O)Cc3cc4cc(-c5cnn(C)c5)ccc4nn3)ccn2)CC1. The van der Waals surface area contributed by atoms with Crippen LogP contribution in [0.4, 0.5) is 5.82 Å². The van der Waals surface area contributed by atoms with E-state index in [4.69, 9.17) is 0 Å². The van der Waals surface area contributed by atoms with Gasteiger partial charge in [0.2, 0.25) is 0 Å². The lowest BCUT2D eigenvalue weighted by Gasteiger charge is -2.35. The summed E-state index contributed by atoms with van der Waals surface area (Å²) < 4.78 is 1.78. The van der Waals surface area contributed by atoms with Crippen LogP contribution in [0.5, 0.6) is 0 Å². The van der Waals surface area contributed by atoms with E-state index in [-0.39, 0.29) is 12.2 Å². The van der Waals surface area contributed by atoms with Gasteiger partial charge < -0.3 is 9.80 Å². The maximum atomic E-state index is 13.1. The maximum Gasteiger partial charge on any atom is 0.169 e. The van der Waals surface area contributed by atoms with Gasteiger partial charge in [0.15, 0.2) is 5.78 Å². The van der Waals surface area contributed by atoms with Crippen molar-refractivity contribution in [2.24, 2.45) is 7.05 Å². The number of pyridine rings is 1. The third-order valence-electron chi connectivity index (χ3n) is 6.68. The summed E-state index contributed by atoms with van der Waals surface area (Å²) in [5, 5.41) is 13.8. The van der Waals surface area contributed by atoms with Crippen LogP contribution in [0.25, 0.3) is 22.0 Å². The Bertz CT molecular complexity index is 1320. The molecular weight excluding hydrogens is 426 g/mol. The average Bonchev–Trinajstić information content (AvgIpc) is 3.30. The molecule has 1 aliphatic rings. The van der Waals surface area contributed by atoms with Crippen molar-refractivity contribution in [3.05, 3.63) is 66.2 Å². The van der Waals surface area contributed by atoms with Gasteiger partial charge in [-0.1, -0.05) is 6.07 Å². The van der Waals surface area contributed by atoms with Crippen LogP contribution >= 0.6 is 0 Å². The second-order valence-electron chi connectivity index (χ2n) is 9.16. The summed E-state index contributed by atoms with van der Waals surface area (Å²) >= 11 is 0. The van der Waals surface area contributed by atoms with E-state index in [2.05, 4.69) is 50.2 Å². The van der Waals surface area contributed by atoms with Crippen LogP contribution in [0.3, 0.4) is 0 Å². The molecule has 4 aromatic rings. The summed E-state index contributed by atoms with van der Waals surface area (Å²) in [6, 6.07) is 12.1. The minimum Gasteiger partial charge on any atom is -0.357 e. The van der Waals surface area contributed by atoms with Crippen LogP contribution in [0, 0.1) is 0 Å². The van der Waals surface area contributed by atoms with Crippen molar-refractivity contribution < 1.29 is 4.79 Å². The van der Waals surface area contributed by atoms with Crippen molar-refractivity contribution in [2.75, 3.05) is 32.1 Å². The highest BCUT2D eigenvalue weighted by Gasteiger charge is 2.22. The van der Waals surface area contributed by atoms with E-state index in [0.29, 0.717) is 17.3 Å². The molecule has 174 valence electrons. The predicted molar refractivity (Wildman–Crippen MR) is 133 cm³/mol. The number of benzene rings is 1. The maximum absolute atomic E-state index is 13.1. The molecule has 0 spiro atoms. The van der Waals surface area contributed by atoms with E-state index in [1.807, 2.05) is 43.7 Å². The minimum atomic E-state index is 0.0116. The first-order valence-electron chi connectivity index (χ1n) is 11.6. The number of Topliss-reactive ketones (excluding diaryl/α,β-unsaturated/α-hetero) is 1. The number of carbonyl (C=O) groups excluding carboxylic acids is 1. The Hall–Kier alpha value is -3.65. The second-order valence-corrected chi connectivity index (χ2v) is 9.16. The summed E-state index contributed by atoms with van der Waals surface area (Å²) in [5.74, 6) is 0.851. The largest absolute Gasteiger partial charge is 0.357 e. The molecule has 0 radical (unpaired) electrons. The number of likely N-dealkylation sites (tertiary alicyclic amines) is 1. The van der Waals surface area contributed by atoms with Crippen molar-refractivity contribution in [1.29, 1.82) is 0 Å². The fourth-order valence-electron chi connectivity index (χ4n) is 4.54. The van der Waals surface area contributed by atoms with Crippen LogP contribution < -0.4 is 4.90 Å². The fraction of sp³-hybridized carbons (Fsp3) is 0.346.